The van der Waals surface area contributed by atoms with Crippen LogP contribution in [0.4, 0.5) is 4.79 Å². The molecule has 2 N–H and O–H groups in total. The first-order valence-electron chi connectivity index (χ1n) is 9.78. The van der Waals surface area contributed by atoms with Gasteiger partial charge in [0.1, 0.15) is 12.1 Å². The fourth-order valence-electron chi connectivity index (χ4n) is 3.60. The minimum atomic E-state index is -1.08. The van der Waals surface area contributed by atoms with Crippen molar-refractivity contribution in [2.45, 2.75) is 44.9 Å². The monoisotopic (exact) mass is 417 g/mol. The van der Waals surface area contributed by atoms with Crippen molar-refractivity contribution in [1.29, 1.82) is 0 Å². The highest BCUT2D eigenvalue weighted by molar-refractivity contribution is 6.08. The highest BCUT2D eigenvalue weighted by atomic mass is 16.7. The van der Waals surface area contributed by atoms with E-state index in [-0.39, 0.29) is 19.3 Å². The zero-order valence-corrected chi connectivity index (χ0v) is 16.7. The number of amides is 4. The van der Waals surface area contributed by atoms with Gasteiger partial charge in [0, 0.05) is 6.54 Å². The fourth-order valence-corrected chi connectivity index (χ4v) is 3.60. The van der Waals surface area contributed by atoms with Gasteiger partial charge in [0.2, 0.25) is 6.79 Å². The van der Waals surface area contributed by atoms with Crippen LogP contribution in [0.3, 0.4) is 0 Å². The van der Waals surface area contributed by atoms with Crippen molar-refractivity contribution in [2.75, 3.05) is 13.3 Å². The standard InChI is InChI=1S/C20H23N3O7/c1-11(17(25)21-8-12-3-6-14-15(7-12)29-10-28-14)30-16(24)9-23-18(26)20(2,13-4-5-13)22-19(23)27/h3,6-7,11,13H,4-5,8-10H2,1-2H3,(H,21,25)(H,22,27)/t11-,20-/m1/s1. The summed E-state index contributed by atoms with van der Waals surface area (Å²) >= 11 is 0. The second-order valence-corrected chi connectivity index (χ2v) is 7.84. The van der Waals surface area contributed by atoms with Crippen molar-refractivity contribution < 1.29 is 33.4 Å². The largest absolute Gasteiger partial charge is 0.454 e. The van der Waals surface area contributed by atoms with Crippen LogP contribution in [-0.4, -0.2) is 53.7 Å². The molecule has 4 amide bonds. The predicted octanol–water partition coefficient (Wildman–Crippen LogP) is 0.684. The molecule has 160 valence electrons. The molecule has 1 aliphatic carbocycles. The number of nitrogens with one attached hydrogen (secondary N) is 2. The van der Waals surface area contributed by atoms with Crippen LogP contribution in [0.1, 0.15) is 32.3 Å². The molecular formula is C20H23N3O7. The average Bonchev–Trinajstić information content (AvgIpc) is 3.43. The van der Waals surface area contributed by atoms with Crippen molar-refractivity contribution in [3.05, 3.63) is 23.8 Å². The predicted molar refractivity (Wildman–Crippen MR) is 101 cm³/mol. The fraction of sp³-hybridized carbons (Fsp3) is 0.500. The first kappa shape index (κ1) is 20.0. The zero-order chi connectivity index (χ0) is 21.5. The van der Waals surface area contributed by atoms with Crippen LogP contribution in [0, 0.1) is 5.92 Å². The molecule has 1 aromatic carbocycles. The number of hydrogen-bond donors (Lipinski definition) is 2. The van der Waals surface area contributed by atoms with Crippen molar-refractivity contribution in [2.24, 2.45) is 5.92 Å². The van der Waals surface area contributed by atoms with Crippen LogP contribution < -0.4 is 20.1 Å². The number of imide groups is 1. The molecule has 0 radical (unpaired) electrons. The lowest BCUT2D eigenvalue weighted by Crippen LogP contribution is -2.46. The minimum absolute atomic E-state index is 0.0934. The number of carbonyl (C=O) groups excluding carboxylic acids is 4. The number of fused-ring (bicyclic) bond motifs is 1. The van der Waals surface area contributed by atoms with E-state index in [9.17, 15) is 19.2 Å². The molecule has 0 unspecified atom stereocenters. The Hall–Kier alpha value is -3.30. The number of carbonyl (C=O) groups is 4. The van der Waals surface area contributed by atoms with E-state index in [4.69, 9.17) is 14.2 Å². The van der Waals surface area contributed by atoms with Gasteiger partial charge in [-0.05, 0) is 50.3 Å². The van der Waals surface area contributed by atoms with Crippen molar-refractivity contribution >= 4 is 23.8 Å². The van der Waals surface area contributed by atoms with Crippen LogP contribution >= 0.6 is 0 Å². The first-order chi connectivity index (χ1) is 14.3. The number of urea groups is 1. The van der Waals surface area contributed by atoms with Crippen LogP contribution in [-0.2, 0) is 25.7 Å². The smallest absolute Gasteiger partial charge is 0.327 e. The Morgan fingerprint density at radius 3 is 2.77 bits per heavy atom. The molecule has 30 heavy (non-hydrogen) atoms. The van der Waals surface area contributed by atoms with Crippen molar-refractivity contribution in [3.63, 3.8) is 0 Å². The van der Waals surface area contributed by atoms with E-state index in [2.05, 4.69) is 10.6 Å². The van der Waals surface area contributed by atoms with Crippen LogP contribution in [0.2, 0.25) is 0 Å². The molecule has 2 fully saturated rings. The van der Waals surface area contributed by atoms with Gasteiger partial charge in [-0.25, -0.2) is 4.79 Å². The van der Waals surface area contributed by atoms with E-state index < -0.39 is 42.0 Å². The lowest BCUT2D eigenvalue weighted by Gasteiger charge is -2.21. The molecule has 2 heterocycles. The van der Waals surface area contributed by atoms with E-state index in [0.717, 1.165) is 23.3 Å². The van der Waals surface area contributed by atoms with E-state index in [0.29, 0.717) is 11.5 Å². The van der Waals surface area contributed by atoms with Gasteiger partial charge in [-0.2, -0.15) is 0 Å². The Morgan fingerprint density at radius 1 is 1.30 bits per heavy atom. The maximum atomic E-state index is 12.6. The molecule has 10 heteroatoms. The molecular weight excluding hydrogens is 394 g/mol. The van der Waals surface area contributed by atoms with Crippen LogP contribution in [0.15, 0.2) is 18.2 Å². The molecule has 1 saturated heterocycles. The molecule has 2 aliphatic heterocycles. The number of hydrogen-bond acceptors (Lipinski definition) is 7. The highest BCUT2D eigenvalue weighted by Gasteiger charge is 2.56. The number of esters is 1. The molecule has 1 aromatic rings. The maximum absolute atomic E-state index is 12.6. The summed E-state index contributed by atoms with van der Waals surface area (Å²) in [4.78, 5) is 50.0. The van der Waals surface area contributed by atoms with Crippen molar-refractivity contribution in [3.8, 4) is 11.5 Å². The minimum Gasteiger partial charge on any atom is -0.454 e. The van der Waals surface area contributed by atoms with Gasteiger partial charge in [0.05, 0.1) is 0 Å². The zero-order valence-electron chi connectivity index (χ0n) is 16.7. The SMILES string of the molecule is C[C@@H](OC(=O)CN1C(=O)N[C@](C)(C2CC2)C1=O)C(=O)NCc1ccc2c(c1)OCO2. The third kappa shape index (κ3) is 3.77. The molecule has 0 aromatic heterocycles. The van der Waals surface area contributed by atoms with Gasteiger partial charge in [0.25, 0.3) is 11.8 Å². The summed E-state index contributed by atoms with van der Waals surface area (Å²) in [6.07, 6.45) is 0.644. The Morgan fingerprint density at radius 2 is 2.03 bits per heavy atom. The molecule has 10 nitrogen and oxygen atoms in total. The molecule has 2 atom stereocenters. The van der Waals surface area contributed by atoms with Gasteiger partial charge in [-0.1, -0.05) is 6.07 Å². The van der Waals surface area contributed by atoms with Gasteiger partial charge in [-0.15, -0.1) is 0 Å². The number of rotatable bonds is 7. The lowest BCUT2D eigenvalue weighted by atomic mass is 9.96. The Labute approximate surface area is 172 Å². The van der Waals surface area contributed by atoms with Crippen LogP contribution in [0.5, 0.6) is 11.5 Å². The Kier molecular flexibility index (Phi) is 5.00. The average molecular weight is 417 g/mol. The third-order valence-corrected chi connectivity index (χ3v) is 5.56. The first-order valence-corrected chi connectivity index (χ1v) is 9.78. The summed E-state index contributed by atoms with van der Waals surface area (Å²) in [7, 11) is 0. The summed E-state index contributed by atoms with van der Waals surface area (Å²) in [6, 6.07) is 4.68. The van der Waals surface area contributed by atoms with E-state index in [1.165, 1.54) is 6.92 Å². The quantitative estimate of drug-likeness (QED) is 0.494. The third-order valence-electron chi connectivity index (χ3n) is 5.56. The summed E-state index contributed by atoms with van der Waals surface area (Å²) < 4.78 is 15.6. The Balaban J connectivity index is 1.26. The molecule has 0 bridgehead atoms. The second-order valence-electron chi connectivity index (χ2n) is 7.84. The topological polar surface area (TPSA) is 123 Å². The summed E-state index contributed by atoms with van der Waals surface area (Å²) in [5.74, 6) is -0.424. The van der Waals surface area contributed by atoms with E-state index in [1.807, 2.05) is 0 Å². The van der Waals surface area contributed by atoms with Crippen LogP contribution in [0.25, 0.3) is 0 Å². The Bertz CT molecular complexity index is 914. The normalized spacial score (nSPS) is 23.2. The summed E-state index contributed by atoms with van der Waals surface area (Å²) in [5, 5.41) is 5.33. The summed E-state index contributed by atoms with van der Waals surface area (Å²) in [6.45, 7) is 2.93. The highest BCUT2D eigenvalue weighted by Crippen LogP contribution is 2.42. The number of ether oxygens (including phenoxy) is 3. The molecule has 0 spiro atoms. The second kappa shape index (κ2) is 7.51. The molecule has 4 rings (SSSR count). The summed E-state index contributed by atoms with van der Waals surface area (Å²) in [5.41, 5.74) is -0.171. The number of nitrogens with zero attached hydrogens (tertiary/aromatic N) is 1. The maximum Gasteiger partial charge on any atom is 0.327 e. The van der Waals surface area contributed by atoms with Gasteiger partial charge in [0.15, 0.2) is 17.6 Å². The van der Waals surface area contributed by atoms with E-state index in [1.54, 1.807) is 25.1 Å². The van der Waals surface area contributed by atoms with Gasteiger partial charge >= 0.3 is 12.0 Å². The van der Waals surface area contributed by atoms with E-state index >= 15 is 0 Å². The molecule has 1 saturated carbocycles. The van der Waals surface area contributed by atoms with Gasteiger partial charge in [-0.3, -0.25) is 19.3 Å². The number of benzene rings is 1. The van der Waals surface area contributed by atoms with Gasteiger partial charge < -0.3 is 24.8 Å². The van der Waals surface area contributed by atoms with Crippen molar-refractivity contribution in [1.82, 2.24) is 15.5 Å². The lowest BCUT2D eigenvalue weighted by molar-refractivity contribution is -0.156. The molecule has 3 aliphatic rings.